The molecule has 1 amide bonds. The van der Waals surface area contributed by atoms with Crippen LogP contribution in [0.5, 0.6) is 0 Å². The van der Waals surface area contributed by atoms with Gasteiger partial charge in [0.25, 0.3) is 5.91 Å². The van der Waals surface area contributed by atoms with E-state index in [0.29, 0.717) is 23.5 Å². The number of fused-ring (bicyclic) bond motifs is 1. The average Bonchev–Trinajstić information content (AvgIpc) is 3.30. The molecule has 3 N–H and O–H groups in total. The number of nitrogen functional groups attached to an aromatic ring is 1. The fourth-order valence-corrected chi connectivity index (χ4v) is 4.96. The highest BCUT2D eigenvalue weighted by Gasteiger charge is 2.18. The molecule has 1 saturated heterocycles. The topological polar surface area (TPSA) is 71.2 Å². The number of nitrogens with two attached hydrogens (primary N) is 1. The lowest BCUT2D eigenvalue weighted by Gasteiger charge is -2.19. The van der Waals surface area contributed by atoms with Crippen molar-refractivity contribution >= 4 is 50.4 Å². The van der Waals surface area contributed by atoms with Crippen LogP contribution < -0.4 is 16.0 Å². The van der Waals surface area contributed by atoms with E-state index in [1.165, 1.54) is 24.2 Å². The van der Waals surface area contributed by atoms with Gasteiger partial charge >= 0.3 is 0 Å². The standard InChI is InChI=1S/C21H23ClN4OS/c1-13-4-6-15-18(23)19(28-21(15)25-13)20(27)24-9-8-14-5-7-17(16(22)12-14)26-10-2-3-11-26/h4-7,12H,2-3,8-11,23H2,1H3,(H,24,27). The maximum absolute atomic E-state index is 12.6. The van der Waals surface area contributed by atoms with Gasteiger partial charge in [-0.25, -0.2) is 4.98 Å². The molecule has 0 saturated carbocycles. The molecule has 3 heterocycles. The molecule has 0 aliphatic carbocycles. The molecule has 5 nitrogen and oxygen atoms in total. The summed E-state index contributed by atoms with van der Waals surface area (Å²) in [5.74, 6) is -0.155. The first-order chi connectivity index (χ1) is 13.5. The Morgan fingerprint density at radius 3 is 2.82 bits per heavy atom. The van der Waals surface area contributed by atoms with E-state index in [9.17, 15) is 4.79 Å². The number of nitrogens with one attached hydrogen (secondary N) is 1. The van der Waals surface area contributed by atoms with Crippen molar-refractivity contribution in [2.75, 3.05) is 30.3 Å². The third-order valence-corrected chi connectivity index (χ3v) is 6.51. The molecule has 7 heteroatoms. The summed E-state index contributed by atoms with van der Waals surface area (Å²) in [5, 5.41) is 4.58. The first-order valence-electron chi connectivity index (χ1n) is 9.50. The Morgan fingerprint density at radius 2 is 2.07 bits per heavy atom. The van der Waals surface area contributed by atoms with Crippen molar-refractivity contribution in [1.82, 2.24) is 10.3 Å². The molecule has 0 spiro atoms. The van der Waals surface area contributed by atoms with Gasteiger partial charge in [0.2, 0.25) is 0 Å². The molecule has 1 fully saturated rings. The zero-order valence-electron chi connectivity index (χ0n) is 15.8. The molecule has 3 aromatic rings. The van der Waals surface area contributed by atoms with E-state index < -0.39 is 0 Å². The highest BCUT2D eigenvalue weighted by Crippen LogP contribution is 2.32. The molecule has 0 radical (unpaired) electrons. The van der Waals surface area contributed by atoms with Crippen LogP contribution >= 0.6 is 22.9 Å². The Bertz CT molecular complexity index is 1030. The first-order valence-corrected chi connectivity index (χ1v) is 10.7. The van der Waals surface area contributed by atoms with Gasteiger partial charge in [0.1, 0.15) is 9.71 Å². The third-order valence-electron chi connectivity index (χ3n) is 5.10. The van der Waals surface area contributed by atoms with E-state index in [1.54, 1.807) is 0 Å². The lowest BCUT2D eigenvalue weighted by molar-refractivity contribution is 0.0959. The number of halogens is 1. The van der Waals surface area contributed by atoms with Crippen molar-refractivity contribution in [1.29, 1.82) is 0 Å². The molecule has 28 heavy (non-hydrogen) atoms. The van der Waals surface area contributed by atoms with Gasteiger partial charge in [-0.3, -0.25) is 4.79 Å². The van der Waals surface area contributed by atoms with Crippen LogP contribution in [0.2, 0.25) is 5.02 Å². The molecule has 1 aromatic carbocycles. The molecule has 0 bridgehead atoms. The van der Waals surface area contributed by atoms with Crippen LogP contribution in [-0.4, -0.2) is 30.5 Å². The minimum absolute atomic E-state index is 0.155. The van der Waals surface area contributed by atoms with Crippen LogP contribution in [0.15, 0.2) is 30.3 Å². The zero-order valence-corrected chi connectivity index (χ0v) is 17.4. The molecule has 4 rings (SSSR count). The fraction of sp³-hybridized carbons (Fsp3) is 0.333. The van der Waals surface area contributed by atoms with Gasteiger partial charge < -0.3 is 16.0 Å². The van der Waals surface area contributed by atoms with Gasteiger partial charge in [-0.05, 0) is 56.0 Å². The number of rotatable bonds is 5. The molecule has 1 aliphatic rings. The molecule has 146 valence electrons. The van der Waals surface area contributed by atoms with Crippen LogP contribution in [0.1, 0.15) is 33.8 Å². The summed E-state index contributed by atoms with van der Waals surface area (Å²) < 4.78 is 0. The predicted octanol–water partition coefficient (Wildman–Crippen LogP) is 4.41. The third kappa shape index (κ3) is 3.80. The van der Waals surface area contributed by atoms with Crippen molar-refractivity contribution in [3.63, 3.8) is 0 Å². The van der Waals surface area contributed by atoms with Gasteiger partial charge in [0, 0.05) is 30.7 Å². The number of nitrogens with zero attached hydrogens (tertiary/aromatic N) is 2. The highest BCUT2D eigenvalue weighted by molar-refractivity contribution is 7.21. The number of hydrogen-bond acceptors (Lipinski definition) is 5. The second kappa shape index (κ2) is 7.97. The Labute approximate surface area is 173 Å². The van der Waals surface area contributed by atoms with Crippen LogP contribution in [-0.2, 0) is 6.42 Å². The SMILES string of the molecule is Cc1ccc2c(N)c(C(=O)NCCc3ccc(N4CCCC4)c(Cl)c3)sc2n1. The van der Waals surface area contributed by atoms with Crippen LogP contribution in [0.4, 0.5) is 11.4 Å². The van der Waals surface area contributed by atoms with Crippen molar-refractivity contribution < 1.29 is 4.79 Å². The lowest BCUT2D eigenvalue weighted by atomic mass is 10.1. The number of benzene rings is 1. The lowest BCUT2D eigenvalue weighted by Crippen LogP contribution is -2.25. The number of hydrogen-bond donors (Lipinski definition) is 2. The van der Waals surface area contributed by atoms with Gasteiger partial charge in [0.05, 0.1) is 16.4 Å². The molecular formula is C21H23ClN4OS. The predicted molar refractivity (Wildman–Crippen MR) is 118 cm³/mol. The van der Waals surface area contributed by atoms with Gasteiger partial charge in [-0.2, -0.15) is 0 Å². The van der Waals surface area contributed by atoms with E-state index >= 15 is 0 Å². The summed E-state index contributed by atoms with van der Waals surface area (Å²) in [6, 6.07) is 10.0. The number of aromatic nitrogens is 1. The van der Waals surface area contributed by atoms with Crippen molar-refractivity contribution in [2.45, 2.75) is 26.2 Å². The van der Waals surface area contributed by atoms with Crippen molar-refractivity contribution in [3.05, 3.63) is 51.5 Å². The maximum atomic E-state index is 12.6. The fourth-order valence-electron chi connectivity index (χ4n) is 3.58. The summed E-state index contributed by atoms with van der Waals surface area (Å²) >= 11 is 7.81. The minimum Gasteiger partial charge on any atom is -0.397 e. The van der Waals surface area contributed by atoms with E-state index in [2.05, 4.69) is 27.3 Å². The number of amides is 1. The number of thiophene rings is 1. The summed E-state index contributed by atoms with van der Waals surface area (Å²) in [6.45, 7) is 4.59. The monoisotopic (exact) mass is 414 g/mol. The number of aryl methyl sites for hydroxylation is 1. The summed E-state index contributed by atoms with van der Waals surface area (Å²) in [7, 11) is 0. The van der Waals surface area contributed by atoms with Crippen LogP contribution in [0.3, 0.4) is 0 Å². The quantitative estimate of drug-likeness (QED) is 0.648. The largest absolute Gasteiger partial charge is 0.397 e. The maximum Gasteiger partial charge on any atom is 0.263 e. The second-order valence-corrected chi connectivity index (χ2v) is 8.54. The second-order valence-electron chi connectivity index (χ2n) is 7.14. The highest BCUT2D eigenvalue weighted by atomic mass is 35.5. The number of anilines is 2. The van der Waals surface area contributed by atoms with E-state index in [1.807, 2.05) is 25.1 Å². The molecular weight excluding hydrogens is 392 g/mol. The normalized spacial score (nSPS) is 14.0. The molecule has 0 atom stereocenters. The molecule has 1 aliphatic heterocycles. The van der Waals surface area contributed by atoms with Crippen LogP contribution in [0.25, 0.3) is 10.2 Å². The number of carbonyl (C=O) groups is 1. The van der Waals surface area contributed by atoms with Gasteiger partial charge in [-0.15, -0.1) is 11.3 Å². The van der Waals surface area contributed by atoms with E-state index in [0.717, 1.165) is 45.3 Å². The van der Waals surface area contributed by atoms with Crippen molar-refractivity contribution in [3.8, 4) is 0 Å². The Kier molecular flexibility index (Phi) is 5.42. The van der Waals surface area contributed by atoms with Gasteiger partial charge in [-0.1, -0.05) is 17.7 Å². The zero-order chi connectivity index (χ0) is 19.7. The first kappa shape index (κ1) is 19.0. The average molecular weight is 415 g/mol. The van der Waals surface area contributed by atoms with E-state index in [4.69, 9.17) is 17.3 Å². The van der Waals surface area contributed by atoms with E-state index in [-0.39, 0.29) is 5.91 Å². The summed E-state index contributed by atoms with van der Waals surface area (Å²) in [5.41, 5.74) is 9.78. The van der Waals surface area contributed by atoms with Crippen LogP contribution in [0, 0.1) is 6.92 Å². The Morgan fingerprint density at radius 1 is 1.29 bits per heavy atom. The summed E-state index contributed by atoms with van der Waals surface area (Å²) in [6.07, 6.45) is 3.16. The minimum atomic E-state index is -0.155. The molecule has 0 unspecified atom stereocenters. The number of carbonyl (C=O) groups excluding carboxylic acids is 1. The smallest absolute Gasteiger partial charge is 0.263 e. The summed E-state index contributed by atoms with van der Waals surface area (Å²) in [4.78, 5) is 20.7. The Balaban J connectivity index is 1.39. The van der Waals surface area contributed by atoms with Crippen molar-refractivity contribution in [2.24, 2.45) is 0 Å². The van der Waals surface area contributed by atoms with Gasteiger partial charge in [0.15, 0.2) is 0 Å². The number of pyridine rings is 1. The Hall–Kier alpha value is -2.31. The molecule has 2 aromatic heterocycles.